The molecule has 0 aromatic rings. The maximum Gasteiger partial charge on any atom is 0.145 e. The molecule has 1 fully saturated rings. The summed E-state index contributed by atoms with van der Waals surface area (Å²) in [7, 11) is 0. The molecular weight excluding hydrogens is 192 g/mol. The number of hydrogen-bond donors (Lipinski definition) is 0. The van der Waals surface area contributed by atoms with E-state index >= 15 is 0 Å². The van der Waals surface area contributed by atoms with Crippen molar-refractivity contribution in [2.75, 3.05) is 11.5 Å². The topological polar surface area (TPSA) is 17.1 Å². The van der Waals surface area contributed by atoms with Crippen LogP contribution >= 0.6 is 11.8 Å². The van der Waals surface area contributed by atoms with Crippen LogP contribution in [0.4, 0.5) is 0 Å². The Morgan fingerprint density at radius 1 is 1.21 bits per heavy atom. The molecule has 0 spiro atoms. The second kappa shape index (κ2) is 5.79. The van der Waals surface area contributed by atoms with Gasteiger partial charge in [0.15, 0.2) is 0 Å². The summed E-state index contributed by atoms with van der Waals surface area (Å²) in [6.45, 7) is 6.68. The molecule has 1 saturated carbocycles. The van der Waals surface area contributed by atoms with E-state index in [4.69, 9.17) is 0 Å². The number of thioether (sulfide) groups is 1. The lowest BCUT2D eigenvalue weighted by atomic mass is 9.75. The smallest absolute Gasteiger partial charge is 0.145 e. The van der Waals surface area contributed by atoms with Gasteiger partial charge in [0, 0.05) is 5.92 Å². The van der Waals surface area contributed by atoms with Crippen LogP contribution in [-0.2, 0) is 4.79 Å². The quantitative estimate of drug-likeness (QED) is 0.713. The first kappa shape index (κ1) is 12.1. The molecule has 1 rings (SSSR count). The van der Waals surface area contributed by atoms with Crippen molar-refractivity contribution in [1.29, 1.82) is 0 Å². The Morgan fingerprint density at radius 2 is 1.79 bits per heavy atom. The van der Waals surface area contributed by atoms with Crippen LogP contribution in [0, 0.1) is 17.8 Å². The predicted molar refractivity (Wildman–Crippen MR) is 63.7 cm³/mol. The van der Waals surface area contributed by atoms with Gasteiger partial charge in [0.1, 0.15) is 5.78 Å². The van der Waals surface area contributed by atoms with Crippen LogP contribution in [0.5, 0.6) is 0 Å². The minimum Gasteiger partial charge on any atom is -0.298 e. The number of Topliss-reactive ketones (excluding diaryl/α,β-unsaturated/α-hetero) is 1. The Kier molecular flexibility index (Phi) is 5.00. The van der Waals surface area contributed by atoms with Crippen molar-refractivity contribution in [3.05, 3.63) is 0 Å². The molecule has 0 saturated heterocycles. The second-order valence-electron chi connectivity index (χ2n) is 4.72. The minimum absolute atomic E-state index is 0.368. The van der Waals surface area contributed by atoms with Crippen molar-refractivity contribution < 1.29 is 4.79 Å². The monoisotopic (exact) mass is 214 g/mol. The Balaban J connectivity index is 2.38. The standard InChI is InChI=1S/C12H22OS/c1-4-14-8-12(13)11-6-9(2)5-10(3)7-11/h9-11H,4-8H2,1-3H3. The van der Waals surface area contributed by atoms with Crippen molar-refractivity contribution in [2.24, 2.45) is 17.8 Å². The zero-order valence-corrected chi connectivity index (χ0v) is 10.4. The molecule has 0 radical (unpaired) electrons. The van der Waals surface area contributed by atoms with E-state index in [0.717, 1.165) is 36.2 Å². The van der Waals surface area contributed by atoms with Crippen LogP contribution in [0.25, 0.3) is 0 Å². The average molecular weight is 214 g/mol. The third kappa shape index (κ3) is 3.64. The molecule has 14 heavy (non-hydrogen) atoms. The molecular formula is C12H22OS. The van der Waals surface area contributed by atoms with E-state index in [2.05, 4.69) is 20.8 Å². The van der Waals surface area contributed by atoms with Gasteiger partial charge in [-0.1, -0.05) is 20.8 Å². The van der Waals surface area contributed by atoms with Crippen LogP contribution in [0.3, 0.4) is 0 Å². The van der Waals surface area contributed by atoms with Gasteiger partial charge in [0.05, 0.1) is 5.75 Å². The molecule has 0 heterocycles. The molecule has 1 nitrogen and oxygen atoms in total. The highest BCUT2D eigenvalue weighted by Gasteiger charge is 2.28. The summed E-state index contributed by atoms with van der Waals surface area (Å²) in [4.78, 5) is 11.8. The Bertz CT molecular complexity index is 181. The molecule has 0 N–H and O–H groups in total. The van der Waals surface area contributed by atoms with Gasteiger partial charge in [0.2, 0.25) is 0 Å². The number of ketones is 1. The summed E-state index contributed by atoms with van der Waals surface area (Å²) in [5.41, 5.74) is 0. The molecule has 0 bridgehead atoms. The summed E-state index contributed by atoms with van der Waals surface area (Å²) < 4.78 is 0. The summed E-state index contributed by atoms with van der Waals surface area (Å²) in [6.07, 6.45) is 3.57. The van der Waals surface area contributed by atoms with Crippen molar-refractivity contribution >= 4 is 17.5 Å². The van der Waals surface area contributed by atoms with E-state index in [1.54, 1.807) is 11.8 Å². The van der Waals surface area contributed by atoms with Crippen LogP contribution in [0.1, 0.15) is 40.0 Å². The fourth-order valence-electron chi connectivity index (χ4n) is 2.53. The highest BCUT2D eigenvalue weighted by Crippen LogP contribution is 2.33. The van der Waals surface area contributed by atoms with Gasteiger partial charge < -0.3 is 0 Å². The molecule has 0 aromatic heterocycles. The maximum atomic E-state index is 11.8. The lowest BCUT2D eigenvalue weighted by Crippen LogP contribution is -2.27. The molecule has 1 aliphatic carbocycles. The number of carbonyl (C=O) groups excluding carboxylic acids is 1. The predicted octanol–water partition coefficient (Wildman–Crippen LogP) is 3.38. The Labute approximate surface area is 92.0 Å². The van der Waals surface area contributed by atoms with Gasteiger partial charge in [0.25, 0.3) is 0 Å². The minimum atomic E-state index is 0.368. The van der Waals surface area contributed by atoms with Crippen molar-refractivity contribution in [1.82, 2.24) is 0 Å². The Morgan fingerprint density at radius 3 is 2.29 bits per heavy atom. The van der Waals surface area contributed by atoms with E-state index in [1.165, 1.54) is 6.42 Å². The maximum absolute atomic E-state index is 11.8. The first-order valence-electron chi connectivity index (χ1n) is 5.74. The van der Waals surface area contributed by atoms with E-state index in [0.29, 0.717) is 11.7 Å². The highest BCUT2D eigenvalue weighted by molar-refractivity contribution is 7.99. The van der Waals surface area contributed by atoms with Crippen molar-refractivity contribution in [2.45, 2.75) is 40.0 Å². The lowest BCUT2D eigenvalue weighted by molar-refractivity contribution is -0.122. The van der Waals surface area contributed by atoms with Crippen LogP contribution in [0.2, 0.25) is 0 Å². The first-order valence-corrected chi connectivity index (χ1v) is 6.89. The highest BCUT2D eigenvalue weighted by atomic mass is 32.2. The summed E-state index contributed by atoms with van der Waals surface area (Å²) in [5, 5.41) is 0. The van der Waals surface area contributed by atoms with E-state index in [1.807, 2.05) is 0 Å². The number of carbonyl (C=O) groups is 1. The molecule has 2 heteroatoms. The van der Waals surface area contributed by atoms with E-state index in [-0.39, 0.29) is 0 Å². The fourth-order valence-corrected chi connectivity index (χ4v) is 3.17. The van der Waals surface area contributed by atoms with Gasteiger partial charge in [-0.25, -0.2) is 0 Å². The summed E-state index contributed by atoms with van der Waals surface area (Å²) in [6, 6.07) is 0. The third-order valence-electron chi connectivity index (χ3n) is 3.08. The zero-order valence-electron chi connectivity index (χ0n) is 9.58. The van der Waals surface area contributed by atoms with E-state index < -0.39 is 0 Å². The Hall–Kier alpha value is 0.0200. The molecule has 2 atom stereocenters. The molecule has 1 aliphatic rings. The SMILES string of the molecule is CCSCC(=O)C1CC(C)CC(C)C1. The number of rotatable bonds is 4. The fraction of sp³-hybridized carbons (Fsp3) is 0.917. The summed E-state index contributed by atoms with van der Waals surface area (Å²) >= 11 is 1.76. The van der Waals surface area contributed by atoms with Crippen LogP contribution in [0.15, 0.2) is 0 Å². The van der Waals surface area contributed by atoms with Crippen LogP contribution in [-0.4, -0.2) is 17.3 Å². The zero-order chi connectivity index (χ0) is 10.6. The number of hydrogen-bond acceptors (Lipinski definition) is 2. The van der Waals surface area contributed by atoms with Gasteiger partial charge in [-0.2, -0.15) is 11.8 Å². The normalized spacial score (nSPS) is 32.9. The molecule has 2 unspecified atom stereocenters. The lowest BCUT2D eigenvalue weighted by Gasteiger charge is -2.30. The largest absolute Gasteiger partial charge is 0.298 e. The van der Waals surface area contributed by atoms with E-state index in [9.17, 15) is 4.79 Å². The average Bonchev–Trinajstić information content (AvgIpc) is 2.12. The third-order valence-corrected chi connectivity index (χ3v) is 3.98. The second-order valence-corrected chi connectivity index (χ2v) is 5.99. The molecule has 0 aromatic carbocycles. The first-order chi connectivity index (χ1) is 6.63. The van der Waals surface area contributed by atoms with Crippen LogP contribution < -0.4 is 0 Å². The molecule has 82 valence electrons. The van der Waals surface area contributed by atoms with Crippen molar-refractivity contribution in [3.8, 4) is 0 Å². The van der Waals surface area contributed by atoms with Gasteiger partial charge in [-0.05, 0) is 36.9 Å². The molecule has 0 amide bonds. The molecule has 0 aliphatic heterocycles. The van der Waals surface area contributed by atoms with Gasteiger partial charge in [-0.15, -0.1) is 0 Å². The van der Waals surface area contributed by atoms with Gasteiger partial charge >= 0.3 is 0 Å². The van der Waals surface area contributed by atoms with Crippen molar-refractivity contribution in [3.63, 3.8) is 0 Å². The summed E-state index contributed by atoms with van der Waals surface area (Å²) in [5.74, 6) is 4.16. The van der Waals surface area contributed by atoms with Gasteiger partial charge in [-0.3, -0.25) is 4.79 Å².